The topological polar surface area (TPSA) is 173 Å². The second-order valence-corrected chi connectivity index (χ2v) is 10.9. The number of aliphatic hydroxyl groups is 1. The predicted octanol–water partition coefficient (Wildman–Crippen LogP) is 4.43. The summed E-state index contributed by atoms with van der Waals surface area (Å²) >= 11 is 3.52. The molecular formula is C33H34BrN5O8. The molecule has 0 aliphatic carbocycles. The van der Waals surface area contributed by atoms with Gasteiger partial charge in [-0.2, -0.15) is 10.4 Å². The summed E-state index contributed by atoms with van der Waals surface area (Å²) < 4.78 is 28.6. The minimum Gasteiger partial charge on any atom is -0.493 e. The molecule has 1 aliphatic rings. The molecule has 47 heavy (non-hydrogen) atoms. The number of hydrogen-bond donors (Lipinski definition) is 4. The van der Waals surface area contributed by atoms with Gasteiger partial charge in [0.05, 0.1) is 54.8 Å². The number of methoxy groups -OCH3 is 2. The lowest BCUT2D eigenvalue weighted by atomic mass is 9.95. The Morgan fingerprint density at radius 3 is 2.55 bits per heavy atom. The van der Waals surface area contributed by atoms with Crippen molar-refractivity contribution in [1.29, 1.82) is 5.26 Å². The van der Waals surface area contributed by atoms with Gasteiger partial charge in [0.1, 0.15) is 13.2 Å². The Hall–Kier alpha value is -5.26. The minimum atomic E-state index is -1.18. The van der Waals surface area contributed by atoms with Gasteiger partial charge < -0.3 is 39.4 Å². The molecule has 3 aromatic carbocycles. The van der Waals surface area contributed by atoms with Crippen molar-refractivity contribution in [2.75, 3.05) is 27.4 Å². The molecule has 2 atom stereocenters. The molecule has 13 nitrogen and oxygen atoms in total. The molecule has 0 aromatic heterocycles. The van der Waals surface area contributed by atoms with Gasteiger partial charge in [-0.3, -0.25) is 5.43 Å². The Morgan fingerprint density at radius 2 is 1.87 bits per heavy atom. The van der Waals surface area contributed by atoms with Crippen molar-refractivity contribution < 1.29 is 38.4 Å². The molecule has 0 spiro atoms. The third-order valence-corrected chi connectivity index (χ3v) is 7.42. The van der Waals surface area contributed by atoms with Crippen molar-refractivity contribution >= 4 is 34.1 Å². The van der Waals surface area contributed by atoms with E-state index in [-0.39, 0.29) is 18.8 Å². The zero-order valence-electron chi connectivity index (χ0n) is 26.1. The van der Waals surface area contributed by atoms with Crippen LogP contribution in [0.25, 0.3) is 0 Å². The number of urea groups is 1. The van der Waals surface area contributed by atoms with Crippen molar-refractivity contribution in [1.82, 2.24) is 16.1 Å². The molecule has 4 N–H and O–H groups in total. The third-order valence-electron chi connectivity index (χ3n) is 6.83. The van der Waals surface area contributed by atoms with E-state index in [0.717, 1.165) is 5.56 Å². The largest absolute Gasteiger partial charge is 0.493 e. The van der Waals surface area contributed by atoms with E-state index in [0.29, 0.717) is 56.5 Å². The van der Waals surface area contributed by atoms with Gasteiger partial charge in [0.15, 0.2) is 29.2 Å². The summed E-state index contributed by atoms with van der Waals surface area (Å²) in [5.74, 6) is 1.09. The highest BCUT2D eigenvalue weighted by molar-refractivity contribution is 9.10. The van der Waals surface area contributed by atoms with Gasteiger partial charge in [0.2, 0.25) is 0 Å². The van der Waals surface area contributed by atoms with Gasteiger partial charge in [-0.15, -0.1) is 0 Å². The van der Waals surface area contributed by atoms with Crippen LogP contribution in [-0.4, -0.2) is 57.0 Å². The number of aliphatic hydroxyl groups excluding tert-OH is 1. The Labute approximate surface area is 280 Å². The summed E-state index contributed by atoms with van der Waals surface area (Å²) in [6.45, 7) is 3.84. The summed E-state index contributed by atoms with van der Waals surface area (Å²) in [4.78, 5) is 24.6. The molecule has 3 aromatic rings. The smallest absolute Gasteiger partial charge is 0.337 e. The highest BCUT2D eigenvalue weighted by Crippen LogP contribution is 2.37. The molecule has 2 amide bonds. The van der Waals surface area contributed by atoms with Crippen LogP contribution in [0, 0.1) is 11.3 Å². The maximum Gasteiger partial charge on any atom is 0.337 e. The van der Waals surface area contributed by atoms with Gasteiger partial charge in [0, 0.05) is 5.70 Å². The van der Waals surface area contributed by atoms with E-state index >= 15 is 0 Å². The Bertz CT molecular complexity index is 1700. The average Bonchev–Trinajstić information content (AvgIpc) is 3.06. The summed E-state index contributed by atoms with van der Waals surface area (Å²) in [5.41, 5.74) is 5.96. The van der Waals surface area contributed by atoms with Gasteiger partial charge in [-0.25, -0.2) is 9.59 Å². The van der Waals surface area contributed by atoms with Gasteiger partial charge >= 0.3 is 12.0 Å². The van der Waals surface area contributed by atoms with Crippen LogP contribution in [0.2, 0.25) is 0 Å². The van der Waals surface area contributed by atoms with Crippen LogP contribution in [0.3, 0.4) is 0 Å². The number of allylic oxidation sites excluding steroid dienone is 1. The molecule has 4 rings (SSSR count). The average molecular weight is 709 g/mol. The molecule has 0 unspecified atom stereocenters. The fourth-order valence-corrected chi connectivity index (χ4v) is 5.18. The van der Waals surface area contributed by atoms with Crippen molar-refractivity contribution in [2.24, 2.45) is 5.10 Å². The number of amides is 2. The number of rotatable bonds is 14. The first-order valence-corrected chi connectivity index (χ1v) is 15.2. The van der Waals surface area contributed by atoms with Crippen LogP contribution in [-0.2, 0) is 16.1 Å². The second-order valence-electron chi connectivity index (χ2n) is 10.0. The number of nitriles is 1. The van der Waals surface area contributed by atoms with E-state index in [1.54, 1.807) is 56.3 Å². The van der Waals surface area contributed by atoms with Crippen LogP contribution >= 0.6 is 15.9 Å². The van der Waals surface area contributed by atoms with Crippen molar-refractivity contribution in [3.05, 3.63) is 92.6 Å². The Kier molecular flexibility index (Phi) is 12.0. The number of ether oxygens (including phenoxy) is 5. The van der Waals surface area contributed by atoms with Crippen molar-refractivity contribution in [3.8, 4) is 29.1 Å². The molecule has 246 valence electrons. The van der Waals surface area contributed by atoms with Gasteiger partial charge in [-0.05, 0) is 82.9 Å². The maximum absolute atomic E-state index is 12.5. The fourth-order valence-electron chi connectivity index (χ4n) is 4.61. The third kappa shape index (κ3) is 8.93. The molecule has 0 radical (unpaired) electrons. The summed E-state index contributed by atoms with van der Waals surface area (Å²) in [6.07, 6.45) is 0.323. The second kappa shape index (κ2) is 16.3. The zero-order chi connectivity index (χ0) is 33.9. The lowest BCUT2D eigenvalue weighted by Gasteiger charge is -2.28. The molecule has 1 heterocycles. The lowest BCUT2D eigenvalue weighted by molar-refractivity contribution is -0.136. The molecule has 1 aliphatic heterocycles. The van der Waals surface area contributed by atoms with Gasteiger partial charge in [-0.1, -0.05) is 18.2 Å². The quantitative estimate of drug-likeness (QED) is 0.0813. The molecule has 0 bridgehead atoms. The number of carbonyl (C=O) groups excluding carboxylic acids is 2. The predicted molar refractivity (Wildman–Crippen MR) is 175 cm³/mol. The number of esters is 1. The SMILES string of the molecule is CCOc1cc([C@@H]2NC(=O)NC(C)=C2C(=O)OC)ccc1OC[C@H](O)N/N=C/c1cc(Br)c(OCc2ccc(C#N)cc2)c(OC)c1. The molecule has 0 saturated carbocycles. The summed E-state index contributed by atoms with van der Waals surface area (Å²) in [6, 6.07) is 16.5. The van der Waals surface area contributed by atoms with Gasteiger partial charge in [0.25, 0.3) is 0 Å². The molecule has 0 saturated heterocycles. The monoisotopic (exact) mass is 707 g/mol. The number of nitrogens with zero attached hydrogens (tertiary/aromatic N) is 2. The van der Waals surface area contributed by atoms with E-state index in [4.69, 9.17) is 28.9 Å². The number of hydrogen-bond acceptors (Lipinski definition) is 11. The van der Waals surface area contributed by atoms with E-state index in [1.165, 1.54) is 20.4 Å². The first kappa shape index (κ1) is 34.6. The fraction of sp³-hybridized carbons (Fsp3) is 0.273. The van der Waals surface area contributed by atoms with E-state index in [1.807, 2.05) is 12.1 Å². The lowest BCUT2D eigenvalue weighted by Crippen LogP contribution is -2.45. The zero-order valence-corrected chi connectivity index (χ0v) is 27.7. The number of benzene rings is 3. The van der Waals surface area contributed by atoms with Crippen molar-refractivity contribution in [2.45, 2.75) is 32.7 Å². The normalized spacial score (nSPS) is 14.8. The molecule has 14 heteroatoms. The van der Waals surface area contributed by atoms with Crippen LogP contribution in [0.4, 0.5) is 4.79 Å². The van der Waals surface area contributed by atoms with Crippen LogP contribution in [0.15, 0.2) is 75.4 Å². The number of hydrazone groups is 1. The maximum atomic E-state index is 12.5. The van der Waals surface area contributed by atoms with E-state index in [2.05, 4.69) is 43.2 Å². The number of halogens is 1. The Morgan fingerprint density at radius 1 is 1.11 bits per heavy atom. The first-order chi connectivity index (χ1) is 22.7. The van der Waals surface area contributed by atoms with Crippen molar-refractivity contribution in [3.63, 3.8) is 0 Å². The number of carbonyl (C=O) groups is 2. The standard InChI is InChI=1S/C33H34BrN5O8/c1-5-45-26-14-23(30-29(32(41)44-4)19(2)37-33(42)38-30)10-11-25(26)46-18-28(40)39-36-16-22-12-24(34)31(27(13-22)43-3)47-17-21-8-6-20(15-35)7-9-21/h6-14,16,28,30,39-40H,5,17-18H2,1-4H3,(H2,37,38,42)/b36-16+/t28-,30-/m0/s1. The minimum absolute atomic E-state index is 0.178. The first-order valence-electron chi connectivity index (χ1n) is 14.4. The molecule has 0 fully saturated rings. The highest BCUT2D eigenvalue weighted by Gasteiger charge is 2.32. The summed E-state index contributed by atoms with van der Waals surface area (Å²) in [5, 5.41) is 28.9. The van der Waals surface area contributed by atoms with E-state index < -0.39 is 24.3 Å². The molecular weight excluding hydrogens is 674 g/mol. The van der Waals surface area contributed by atoms with E-state index in [9.17, 15) is 14.7 Å². The Balaban J connectivity index is 1.38. The highest BCUT2D eigenvalue weighted by atomic mass is 79.9. The van der Waals surface area contributed by atoms with Crippen LogP contribution < -0.4 is 35.0 Å². The van der Waals surface area contributed by atoms with Crippen LogP contribution in [0.1, 0.15) is 42.1 Å². The summed E-state index contributed by atoms with van der Waals surface area (Å²) in [7, 11) is 2.79. The number of nitrogens with one attached hydrogen (secondary N) is 3. The van der Waals surface area contributed by atoms with Crippen LogP contribution in [0.5, 0.6) is 23.0 Å².